The average Bonchev–Trinajstić information content (AvgIpc) is 2.62. The molecule has 1 heterocycles. The highest BCUT2D eigenvalue weighted by atomic mass is 16.6. The van der Waals surface area contributed by atoms with Crippen LogP contribution in [0.25, 0.3) is 0 Å². The molecule has 1 fully saturated rings. The molecule has 7 nitrogen and oxygen atoms in total. The second-order valence-corrected chi connectivity index (χ2v) is 5.31. The Kier molecular flexibility index (Phi) is 15.2. The molecule has 0 unspecified atom stereocenters. The minimum Gasteiger partial charge on any atom is -0.499 e. The van der Waals surface area contributed by atoms with E-state index in [4.69, 9.17) is 28.4 Å². The van der Waals surface area contributed by atoms with E-state index in [2.05, 4.69) is 11.9 Å². The van der Waals surface area contributed by atoms with Gasteiger partial charge in [-0.2, -0.15) is 0 Å². The SMILES string of the molecule is C=COCCOCCOCCOCCOCCOC1CCNCC1. The normalized spacial score (nSPS) is 15.5. The van der Waals surface area contributed by atoms with Gasteiger partial charge in [-0.3, -0.25) is 0 Å². The maximum absolute atomic E-state index is 5.75. The van der Waals surface area contributed by atoms with Gasteiger partial charge in [-0.15, -0.1) is 0 Å². The van der Waals surface area contributed by atoms with Crippen molar-refractivity contribution in [3.63, 3.8) is 0 Å². The zero-order valence-electron chi connectivity index (χ0n) is 14.7. The number of rotatable bonds is 17. The van der Waals surface area contributed by atoms with Crippen molar-refractivity contribution in [2.75, 3.05) is 79.2 Å². The highest BCUT2D eigenvalue weighted by Crippen LogP contribution is 2.06. The van der Waals surface area contributed by atoms with E-state index < -0.39 is 0 Å². The molecule has 0 spiro atoms. The van der Waals surface area contributed by atoms with Crippen molar-refractivity contribution in [3.05, 3.63) is 12.8 Å². The Morgan fingerprint density at radius 2 is 1.17 bits per heavy atom. The quantitative estimate of drug-likeness (QED) is 0.311. The predicted molar refractivity (Wildman–Crippen MR) is 91.3 cm³/mol. The molecule has 0 aromatic heterocycles. The summed E-state index contributed by atoms with van der Waals surface area (Å²) in [5.41, 5.74) is 0. The lowest BCUT2D eigenvalue weighted by molar-refractivity contribution is -0.0287. The summed E-state index contributed by atoms with van der Waals surface area (Å²) >= 11 is 0. The van der Waals surface area contributed by atoms with E-state index in [1.165, 1.54) is 6.26 Å². The second kappa shape index (κ2) is 17.1. The lowest BCUT2D eigenvalue weighted by Gasteiger charge is -2.22. The molecule has 7 heteroatoms. The third-order valence-electron chi connectivity index (χ3n) is 3.45. The number of hydrogen-bond donors (Lipinski definition) is 1. The summed E-state index contributed by atoms with van der Waals surface area (Å²) in [6, 6.07) is 0. The van der Waals surface area contributed by atoms with Gasteiger partial charge >= 0.3 is 0 Å². The van der Waals surface area contributed by atoms with Crippen molar-refractivity contribution in [2.24, 2.45) is 0 Å². The molecule has 0 bridgehead atoms. The summed E-state index contributed by atoms with van der Waals surface area (Å²) in [7, 11) is 0. The Balaban J connectivity index is 1.66. The summed E-state index contributed by atoms with van der Waals surface area (Å²) in [5.74, 6) is 0. The Morgan fingerprint density at radius 3 is 1.67 bits per heavy atom. The van der Waals surface area contributed by atoms with Gasteiger partial charge in [-0.1, -0.05) is 6.58 Å². The molecule has 24 heavy (non-hydrogen) atoms. The Morgan fingerprint density at radius 1 is 0.708 bits per heavy atom. The van der Waals surface area contributed by atoms with E-state index in [0.29, 0.717) is 72.2 Å². The molecule has 0 aliphatic carbocycles. The zero-order valence-corrected chi connectivity index (χ0v) is 14.7. The van der Waals surface area contributed by atoms with Gasteiger partial charge in [0.1, 0.15) is 6.61 Å². The average molecular weight is 347 g/mol. The van der Waals surface area contributed by atoms with Crippen LogP contribution in [0.5, 0.6) is 0 Å². The number of hydrogen-bond acceptors (Lipinski definition) is 7. The van der Waals surface area contributed by atoms with Gasteiger partial charge < -0.3 is 33.7 Å². The molecule has 1 aliphatic rings. The lowest BCUT2D eigenvalue weighted by Crippen LogP contribution is -2.33. The molecule has 1 aliphatic heterocycles. The third-order valence-corrected chi connectivity index (χ3v) is 3.45. The van der Waals surface area contributed by atoms with Crippen molar-refractivity contribution in [2.45, 2.75) is 18.9 Å². The molecular formula is C17H33NO6. The predicted octanol–water partition coefficient (Wildman–Crippen LogP) is 0.982. The van der Waals surface area contributed by atoms with Gasteiger partial charge in [0.15, 0.2) is 0 Å². The molecular weight excluding hydrogens is 314 g/mol. The van der Waals surface area contributed by atoms with E-state index in [0.717, 1.165) is 25.9 Å². The maximum Gasteiger partial charge on any atom is 0.111 e. The molecule has 1 N–H and O–H groups in total. The van der Waals surface area contributed by atoms with E-state index in [1.54, 1.807) is 0 Å². The minimum atomic E-state index is 0.391. The van der Waals surface area contributed by atoms with Crippen LogP contribution >= 0.6 is 0 Å². The van der Waals surface area contributed by atoms with Crippen LogP contribution in [0, 0.1) is 0 Å². The Bertz CT molecular complexity index is 274. The first-order chi connectivity index (χ1) is 11.9. The first-order valence-corrected chi connectivity index (χ1v) is 8.79. The van der Waals surface area contributed by atoms with Crippen LogP contribution in [0.3, 0.4) is 0 Å². The van der Waals surface area contributed by atoms with Crippen molar-refractivity contribution in [3.8, 4) is 0 Å². The van der Waals surface area contributed by atoms with Crippen LogP contribution in [-0.4, -0.2) is 85.3 Å². The fraction of sp³-hybridized carbons (Fsp3) is 0.882. The number of ether oxygens (including phenoxy) is 6. The molecule has 0 amide bonds. The van der Waals surface area contributed by atoms with Crippen molar-refractivity contribution in [1.29, 1.82) is 0 Å². The minimum absolute atomic E-state index is 0.391. The largest absolute Gasteiger partial charge is 0.499 e. The molecule has 0 atom stereocenters. The maximum atomic E-state index is 5.75. The monoisotopic (exact) mass is 347 g/mol. The smallest absolute Gasteiger partial charge is 0.111 e. The first-order valence-electron chi connectivity index (χ1n) is 8.79. The van der Waals surface area contributed by atoms with Crippen LogP contribution in [0.2, 0.25) is 0 Å². The summed E-state index contributed by atoms with van der Waals surface area (Å²) in [6.07, 6.45) is 3.98. The van der Waals surface area contributed by atoms with E-state index in [1.807, 2.05) is 0 Å². The number of piperidine rings is 1. The highest BCUT2D eigenvalue weighted by Gasteiger charge is 2.12. The van der Waals surface area contributed by atoms with Gasteiger partial charge in [0, 0.05) is 0 Å². The second-order valence-electron chi connectivity index (χ2n) is 5.31. The van der Waals surface area contributed by atoms with Crippen LogP contribution < -0.4 is 5.32 Å². The van der Waals surface area contributed by atoms with Gasteiger partial charge in [0.05, 0.1) is 71.8 Å². The lowest BCUT2D eigenvalue weighted by atomic mass is 10.1. The molecule has 0 aromatic carbocycles. The fourth-order valence-electron chi connectivity index (χ4n) is 2.19. The Labute approximate surface area is 145 Å². The Hall–Kier alpha value is -0.700. The summed E-state index contributed by atoms with van der Waals surface area (Å²) in [5, 5.41) is 3.32. The third kappa shape index (κ3) is 13.7. The van der Waals surface area contributed by atoms with Gasteiger partial charge in [0.25, 0.3) is 0 Å². The standard InChI is InChI=1S/C17H33NO6/c1-2-19-7-8-20-9-10-21-11-12-22-13-14-23-15-16-24-17-3-5-18-6-4-17/h2,17-18H,1,3-16H2. The van der Waals surface area contributed by atoms with Crippen LogP contribution in [-0.2, 0) is 28.4 Å². The topological polar surface area (TPSA) is 67.4 Å². The fourth-order valence-corrected chi connectivity index (χ4v) is 2.19. The summed E-state index contributed by atoms with van der Waals surface area (Å²) < 4.78 is 32.2. The van der Waals surface area contributed by atoms with Crippen molar-refractivity contribution in [1.82, 2.24) is 5.32 Å². The summed E-state index contributed by atoms with van der Waals surface area (Å²) in [6.45, 7) is 11.3. The van der Waals surface area contributed by atoms with Gasteiger partial charge in [-0.05, 0) is 25.9 Å². The van der Waals surface area contributed by atoms with Crippen molar-refractivity contribution < 1.29 is 28.4 Å². The molecule has 1 rings (SSSR count). The van der Waals surface area contributed by atoms with Gasteiger partial charge in [-0.25, -0.2) is 0 Å². The first kappa shape index (κ1) is 21.3. The molecule has 0 radical (unpaired) electrons. The van der Waals surface area contributed by atoms with Crippen LogP contribution in [0.1, 0.15) is 12.8 Å². The zero-order chi connectivity index (χ0) is 17.1. The molecule has 142 valence electrons. The van der Waals surface area contributed by atoms with Crippen molar-refractivity contribution >= 4 is 0 Å². The number of nitrogens with one attached hydrogen (secondary N) is 1. The van der Waals surface area contributed by atoms with E-state index >= 15 is 0 Å². The summed E-state index contributed by atoms with van der Waals surface area (Å²) in [4.78, 5) is 0. The molecule has 0 saturated carbocycles. The van der Waals surface area contributed by atoms with E-state index in [-0.39, 0.29) is 0 Å². The van der Waals surface area contributed by atoms with Crippen LogP contribution in [0.15, 0.2) is 12.8 Å². The highest BCUT2D eigenvalue weighted by molar-refractivity contribution is 4.67. The molecule has 0 aromatic rings. The molecule has 1 saturated heterocycles. The van der Waals surface area contributed by atoms with E-state index in [9.17, 15) is 0 Å². The van der Waals surface area contributed by atoms with Crippen LogP contribution in [0.4, 0.5) is 0 Å². The van der Waals surface area contributed by atoms with Gasteiger partial charge in [0.2, 0.25) is 0 Å².